The maximum Gasteiger partial charge on any atom is 0.306 e. The minimum atomic E-state index is -0.290. The molecule has 1 aromatic carbocycles. The van der Waals surface area contributed by atoms with Crippen LogP contribution in [0.15, 0.2) is 30.5 Å². The first-order valence-electron chi connectivity index (χ1n) is 9.80. The van der Waals surface area contributed by atoms with Gasteiger partial charge in [0.15, 0.2) is 0 Å². The van der Waals surface area contributed by atoms with Crippen LogP contribution in [0.1, 0.15) is 54.1 Å². The van der Waals surface area contributed by atoms with Crippen LogP contribution in [0.25, 0.3) is 0 Å². The first-order chi connectivity index (χ1) is 13.8. The molecule has 154 valence electrons. The second-order valence-corrected chi connectivity index (χ2v) is 7.69. The molecule has 6 nitrogen and oxygen atoms in total. The van der Waals surface area contributed by atoms with Gasteiger partial charge in [0, 0.05) is 18.4 Å². The van der Waals surface area contributed by atoms with Crippen LogP contribution in [0.2, 0.25) is 0 Å². The van der Waals surface area contributed by atoms with Crippen molar-refractivity contribution >= 4 is 23.4 Å². The average Bonchev–Trinajstić information content (AvgIpc) is 2.69. The molecule has 0 spiro atoms. The Labute approximate surface area is 169 Å². The molecular weight excluding hydrogens is 373 g/mol. The summed E-state index contributed by atoms with van der Waals surface area (Å²) in [5, 5.41) is 6.00. The van der Waals surface area contributed by atoms with Gasteiger partial charge in [-0.05, 0) is 54.5 Å². The van der Waals surface area contributed by atoms with Crippen molar-refractivity contribution < 1.29 is 18.7 Å². The summed E-state index contributed by atoms with van der Waals surface area (Å²) in [5.41, 5.74) is 2.51. The maximum atomic E-state index is 13.8. The number of benzene rings is 1. The van der Waals surface area contributed by atoms with Gasteiger partial charge in [-0.1, -0.05) is 19.9 Å². The van der Waals surface area contributed by atoms with Gasteiger partial charge in [-0.3, -0.25) is 9.59 Å². The Kier molecular flexibility index (Phi) is 6.46. The molecule has 2 heterocycles. The second kappa shape index (κ2) is 9.03. The molecule has 1 unspecified atom stereocenters. The Morgan fingerprint density at radius 1 is 1.34 bits per heavy atom. The van der Waals surface area contributed by atoms with Crippen LogP contribution in [0.4, 0.5) is 15.9 Å². The van der Waals surface area contributed by atoms with Gasteiger partial charge in [0.05, 0.1) is 18.6 Å². The third-order valence-corrected chi connectivity index (χ3v) is 5.04. The maximum absolute atomic E-state index is 13.8. The first-order valence-corrected chi connectivity index (χ1v) is 9.80. The second-order valence-electron chi connectivity index (χ2n) is 7.69. The Morgan fingerprint density at radius 3 is 2.83 bits per heavy atom. The molecule has 1 amide bonds. The Balaban J connectivity index is 1.72. The zero-order valence-corrected chi connectivity index (χ0v) is 16.9. The van der Waals surface area contributed by atoms with Gasteiger partial charge in [0.25, 0.3) is 5.91 Å². The number of carbonyl (C=O) groups is 2. The fraction of sp³-hybridized carbons (Fsp3) is 0.409. The summed E-state index contributed by atoms with van der Waals surface area (Å²) in [6.07, 6.45) is 2.61. The molecule has 29 heavy (non-hydrogen) atoms. The summed E-state index contributed by atoms with van der Waals surface area (Å²) in [7, 11) is 0. The molecule has 1 saturated heterocycles. The van der Waals surface area contributed by atoms with E-state index in [1.807, 2.05) is 19.9 Å². The lowest BCUT2D eigenvalue weighted by atomic mass is 9.97. The predicted octanol–water partition coefficient (Wildman–Crippen LogP) is 4.08. The van der Waals surface area contributed by atoms with E-state index < -0.39 is 0 Å². The van der Waals surface area contributed by atoms with Crippen molar-refractivity contribution in [3.63, 3.8) is 0 Å². The number of carbonyl (C=O) groups excluding carboxylic acids is 2. The van der Waals surface area contributed by atoms with Crippen LogP contribution in [0.5, 0.6) is 0 Å². The van der Waals surface area contributed by atoms with Crippen molar-refractivity contribution in [1.29, 1.82) is 0 Å². The molecule has 1 aliphatic heterocycles. The van der Waals surface area contributed by atoms with Crippen LogP contribution in [0, 0.1) is 18.7 Å². The van der Waals surface area contributed by atoms with Crippen molar-refractivity contribution in [2.45, 2.75) is 39.5 Å². The lowest BCUT2D eigenvalue weighted by molar-refractivity contribution is -0.149. The lowest BCUT2D eigenvalue weighted by Gasteiger charge is -2.22. The van der Waals surface area contributed by atoms with Crippen LogP contribution < -0.4 is 10.6 Å². The summed E-state index contributed by atoms with van der Waals surface area (Å²) < 4.78 is 18.7. The molecule has 1 aromatic heterocycles. The summed E-state index contributed by atoms with van der Waals surface area (Å²) in [4.78, 5) is 28.4. The van der Waals surface area contributed by atoms with E-state index in [1.54, 1.807) is 19.1 Å². The molecule has 1 aliphatic rings. The summed E-state index contributed by atoms with van der Waals surface area (Å²) in [6, 6.07) is 6.71. The number of anilines is 2. The topological polar surface area (TPSA) is 80.3 Å². The monoisotopic (exact) mass is 399 g/mol. The number of aromatic nitrogens is 1. The quantitative estimate of drug-likeness (QED) is 0.716. The van der Waals surface area contributed by atoms with Gasteiger partial charge < -0.3 is 15.4 Å². The highest BCUT2D eigenvalue weighted by atomic mass is 19.1. The van der Waals surface area contributed by atoms with Crippen LogP contribution in [-0.2, 0) is 9.53 Å². The largest absolute Gasteiger partial charge is 0.466 e. The molecule has 2 N–H and O–H groups in total. The highest BCUT2D eigenvalue weighted by Crippen LogP contribution is 2.25. The number of ether oxygens (including phenoxy) is 1. The van der Waals surface area contributed by atoms with E-state index in [2.05, 4.69) is 15.6 Å². The molecule has 0 radical (unpaired) electrons. The van der Waals surface area contributed by atoms with E-state index in [-0.39, 0.29) is 29.5 Å². The molecule has 1 atom stereocenters. The fourth-order valence-electron chi connectivity index (χ4n) is 3.27. The van der Waals surface area contributed by atoms with Crippen molar-refractivity contribution in [3.8, 4) is 0 Å². The van der Waals surface area contributed by atoms with Crippen molar-refractivity contribution in [3.05, 3.63) is 53.0 Å². The van der Waals surface area contributed by atoms with Gasteiger partial charge in [-0.15, -0.1) is 0 Å². The summed E-state index contributed by atoms with van der Waals surface area (Å²) >= 11 is 0. The number of nitrogens with one attached hydrogen (secondary N) is 2. The SMILES string of the molecule is Cc1ccc(Nc2cc(C(C)C)c(C(=O)NCC3CCOC(=O)C3)cn2)cc1F. The van der Waals surface area contributed by atoms with E-state index in [4.69, 9.17) is 4.74 Å². The average molecular weight is 399 g/mol. The van der Waals surface area contributed by atoms with Crippen molar-refractivity contribution in [2.24, 2.45) is 5.92 Å². The van der Waals surface area contributed by atoms with Crippen LogP contribution in [0.3, 0.4) is 0 Å². The number of hydrogen-bond acceptors (Lipinski definition) is 5. The third kappa shape index (κ3) is 5.31. The van der Waals surface area contributed by atoms with E-state index in [0.29, 0.717) is 42.2 Å². The highest BCUT2D eigenvalue weighted by molar-refractivity contribution is 5.96. The number of amides is 1. The van der Waals surface area contributed by atoms with E-state index in [1.165, 1.54) is 12.3 Å². The Morgan fingerprint density at radius 2 is 2.14 bits per heavy atom. The van der Waals surface area contributed by atoms with Crippen molar-refractivity contribution in [2.75, 3.05) is 18.5 Å². The molecular formula is C22H26FN3O3. The fourth-order valence-corrected chi connectivity index (χ4v) is 3.27. The van der Waals surface area contributed by atoms with Gasteiger partial charge >= 0.3 is 5.97 Å². The number of rotatable bonds is 6. The standard InChI is InChI=1S/C22H26FN3O3/c1-13(2)17-10-20(26-16-5-4-14(3)19(23)9-16)24-12-18(17)22(28)25-11-15-6-7-29-21(27)8-15/h4-5,9-10,12-13,15H,6-8,11H2,1-3H3,(H,24,26)(H,25,28). The molecule has 2 aromatic rings. The third-order valence-electron chi connectivity index (χ3n) is 5.04. The van der Waals surface area contributed by atoms with Gasteiger partial charge in [-0.2, -0.15) is 0 Å². The van der Waals surface area contributed by atoms with E-state index >= 15 is 0 Å². The number of hydrogen-bond donors (Lipinski definition) is 2. The summed E-state index contributed by atoms with van der Waals surface area (Å²) in [5.74, 6) is 0.00743. The smallest absolute Gasteiger partial charge is 0.306 e. The Hall–Kier alpha value is -2.96. The highest BCUT2D eigenvalue weighted by Gasteiger charge is 2.22. The number of esters is 1. The first kappa shape index (κ1) is 20.8. The normalized spacial score (nSPS) is 16.4. The van der Waals surface area contributed by atoms with Crippen LogP contribution in [-0.4, -0.2) is 30.0 Å². The number of halogens is 1. The van der Waals surface area contributed by atoms with Gasteiger partial charge in [0.1, 0.15) is 11.6 Å². The molecule has 0 aliphatic carbocycles. The summed E-state index contributed by atoms with van der Waals surface area (Å²) in [6.45, 7) is 6.53. The van der Waals surface area contributed by atoms with Gasteiger partial charge in [0.2, 0.25) is 0 Å². The van der Waals surface area contributed by atoms with Gasteiger partial charge in [-0.25, -0.2) is 9.37 Å². The number of cyclic esters (lactones) is 1. The molecule has 1 fully saturated rings. The molecule has 0 bridgehead atoms. The molecule has 7 heteroatoms. The minimum Gasteiger partial charge on any atom is -0.466 e. The zero-order chi connectivity index (χ0) is 21.0. The minimum absolute atomic E-state index is 0.0908. The van der Waals surface area contributed by atoms with Crippen molar-refractivity contribution in [1.82, 2.24) is 10.3 Å². The Bertz CT molecular complexity index is 914. The van der Waals surface area contributed by atoms with Crippen LogP contribution >= 0.6 is 0 Å². The lowest BCUT2D eigenvalue weighted by Crippen LogP contribution is -2.34. The zero-order valence-electron chi connectivity index (χ0n) is 16.9. The molecule has 0 saturated carbocycles. The number of nitrogens with zero attached hydrogens (tertiary/aromatic N) is 1. The van der Waals surface area contributed by atoms with E-state index in [0.717, 1.165) is 12.0 Å². The predicted molar refractivity (Wildman–Crippen MR) is 109 cm³/mol. The molecule has 3 rings (SSSR count). The van der Waals surface area contributed by atoms with E-state index in [9.17, 15) is 14.0 Å². The number of aryl methyl sites for hydroxylation is 1. The number of pyridine rings is 1.